The predicted molar refractivity (Wildman–Crippen MR) is 94.6 cm³/mol. The van der Waals surface area contributed by atoms with Crippen molar-refractivity contribution in [2.75, 3.05) is 0 Å². The molecule has 4 atom stereocenters. The lowest BCUT2D eigenvalue weighted by molar-refractivity contribution is -0.147. The number of carbonyl (C=O) groups excluding carboxylic acids is 2. The van der Waals surface area contributed by atoms with Crippen molar-refractivity contribution in [3.8, 4) is 0 Å². The minimum atomic E-state index is -0.623. The van der Waals surface area contributed by atoms with E-state index in [1.807, 2.05) is 19.9 Å². The molecule has 1 aliphatic carbocycles. The van der Waals surface area contributed by atoms with E-state index < -0.39 is 36.2 Å². The summed E-state index contributed by atoms with van der Waals surface area (Å²) in [6.07, 6.45) is 4.39. The summed E-state index contributed by atoms with van der Waals surface area (Å²) in [5, 5.41) is 10.2. The van der Waals surface area contributed by atoms with Gasteiger partial charge in [-0.2, -0.15) is 0 Å². The number of hydrogen-bond donors (Lipinski definition) is 1. The second-order valence-electron chi connectivity index (χ2n) is 6.84. The van der Waals surface area contributed by atoms with E-state index in [1.165, 1.54) is 0 Å². The molecule has 0 amide bonds. The Kier molecular flexibility index (Phi) is 6.01. The molecular formula is C20H26O5. The Labute approximate surface area is 148 Å². The van der Waals surface area contributed by atoms with Gasteiger partial charge in [-0.1, -0.05) is 29.9 Å². The number of ether oxygens (including phenoxy) is 2. The molecule has 136 valence electrons. The highest BCUT2D eigenvalue weighted by atomic mass is 16.6. The maximum absolute atomic E-state index is 12.3. The van der Waals surface area contributed by atoms with Crippen molar-refractivity contribution >= 4 is 11.9 Å². The van der Waals surface area contributed by atoms with Crippen molar-refractivity contribution in [3.63, 3.8) is 0 Å². The Balaban J connectivity index is 2.42. The molecule has 1 N–H and O–H groups in total. The van der Waals surface area contributed by atoms with Crippen LogP contribution in [0, 0.1) is 5.92 Å². The number of carbonyl (C=O) groups is 2. The third-order valence-electron chi connectivity index (χ3n) is 4.66. The molecule has 0 aromatic heterocycles. The van der Waals surface area contributed by atoms with Gasteiger partial charge in [0, 0.05) is 17.6 Å². The molecule has 0 aromatic carbocycles. The van der Waals surface area contributed by atoms with Crippen LogP contribution >= 0.6 is 0 Å². The first-order chi connectivity index (χ1) is 11.7. The van der Waals surface area contributed by atoms with Gasteiger partial charge in [0.1, 0.15) is 12.2 Å². The van der Waals surface area contributed by atoms with Crippen LogP contribution in [0.2, 0.25) is 0 Å². The molecule has 25 heavy (non-hydrogen) atoms. The summed E-state index contributed by atoms with van der Waals surface area (Å²) >= 11 is 0. The van der Waals surface area contributed by atoms with Crippen LogP contribution in [0.15, 0.2) is 47.1 Å². The van der Waals surface area contributed by atoms with Gasteiger partial charge in [0.2, 0.25) is 0 Å². The summed E-state index contributed by atoms with van der Waals surface area (Å²) in [5.74, 6) is -1.33. The predicted octanol–water partition coefficient (Wildman–Crippen LogP) is 3.01. The van der Waals surface area contributed by atoms with E-state index in [1.54, 1.807) is 26.0 Å². The normalized spacial score (nSPS) is 35.0. The van der Waals surface area contributed by atoms with Crippen LogP contribution < -0.4 is 0 Å². The topological polar surface area (TPSA) is 72.8 Å². The summed E-state index contributed by atoms with van der Waals surface area (Å²) in [6.45, 7) is 11.1. The molecule has 5 nitrogen and oxygen atoms in total. The number of allylic oxidation sites excluding steroid dienone is 1. The molecule has 5 heteroatoms. The van der Waals surface area contributed by atoms with Crippen molar-refractivity contribution in [1.29, 1.82) is 0 Å². The van der Waals surface area contributed by atoms with Gasteiger partial charge in [-0.15, -0.1) is 0 Å². The minimum absolute atomic E-state index is 0.318. The number of rotatable bonds is 2. The third kappa shape index (κ3) is 4.48. The summed E-state index contributed by atoms with van der Waals surface area (Å²) in [4.78, 5) is 24.3. The lowest BCUT2D eigenvalue weighted by Crippen LogP contribution is -2.34. The molecule has 0 radical (unpaired) electrons. The maximum atomic E-state index is 12.3. The van der Waals surface area contributed by atoms with Gasteiger partial charge in [0.15, 0.2) is 0 Å². The smallest absolute Gasteiger partial charge is 0.334 e. The highest BCUT2D eigenvalue weighted by molar-refractivity contribution is 5.92. The first-order valence-electron chi connectivity index (χ1n) is 8.49. The minimum Gasteiger partial charge on any atom is -0.458 e. The van der Waals surface area contributed by atoms with Crippen LogP contribution in [0.5, 0.6) is 0 Å². The molecule has 0 unspecified atom stereocenters. The monoisotopic (exact) mass is 346 g/mol. The van der Waals surface area contributed by atoms with Crippen molar-refractivity contribution < 1.29 is 24.2 Å². The van der Waals surface area contributed by atoms with Gasteiger partial charge >= 0.3 is 11.9 Å². The van der Waals surface area contributed by atoms with Crippen LogP contribution in [0.25, 0.3) is 0 Å². The number of aliphatic hydroxyl groups excluding tert-OH is 1. The molecule has 2 rings (SSSR count). The Morgan fingerprint density at radius 2 is 1.96 bits per heavy atom. The molecule has 0 saturated carbocycles. The zero-order valence-electron chi connectivity index (χ0n) is 15.2. The van der Waals surface area contributed by atoms with E-state index in [0.717, 1.165) is 11.1 Å². The lowest BCUT2D eigenvalue weighted by Gasteiger charge is -2.28. The highest BCUT2D eigenvalue weighted by Gasteiger charge is 2.44. The van der Waals surface area contributed by atoms with Crippen LogP contribution in [0.1, 0.15) is 40.5 Å². The molecule has 0 aromatic rings. The van der Waals surface area contributed by atoms with Gasteiger partial charge in [0.05, 0.1) is 12.0 Å². The Bertz CT molecular complexity index is 668. The van der Waals surface area contributed by atoms with E-state index in [-0.39, 0.29) is 0 Å². The van der Waals surface area contributed by atoms with Crippen molar-refractivity contribution in [2.45, 2.75) is 58.8 Å². The van der Waals surface area contributed by atoms with E-state index in [9.17, 15) is 14.7 Å². The molecule has 1 heterocycles. The van der Waals surface area contributed by atoms with Gasteiger partial charge < -0.3 is 14.6 Å². The van der Waals surface area contributed by atoms with Crippen LogP contribution in [-0.2, 0) is 19.1 Å². The van der Waals surface area contributed by atoms with E-state index in [2.05, 4.69) is 6.58 Å². The standard InChI is InChI=1S/C20H26O5/c1-6-13(4)19(22)24-16-9-11(2)7-15(21)8-12(3)10-17-18(16)14(5)20(23)25-17/h6-7,10,15-18,21H,5,8-9H2,1-4H3/b11-7-,12-10+,13-6+/t15-,16-,17-,18-/m1/s1. The van der Waals surface area contributed by atoms with E-state index in [4.69, 9.17) is 9.47 Å². The van der Waals surface area contributed by atoms with Crippen molar-refractivity contribution in [2.24, 2.45) is 5.92 Å². The molecule has 0 bridgehead atoms. The summed E-state index contributed by atoms with van der Waals surface area (Å²) in [6, 6.07) is 0. The first kappa shape index (κ1) is 19.2. The summed E-state index contributed by atoms with van der Waals surface area (Å²) in [5.41, 5.74) is 2.62. The van der Waals surface area contributed by atoms with Gasteiger partial charge in [0.25, 0.3) is 0 Å². The van der Waals surface area contributed by atoms with Gasteiger partial charge in [-0.25, -0.2) is 9.59 Å². The van der Waals surface area contributed by atoms with E-state index >= 15 is 0 Å². The average molecular weight is 346 g/mol. The van der Waals surface area contributed by atoms with Gasteiger partial charge in [-0.05, 0) is 40.2 Å². The van der Waals surface area contributed by atoms with Crippen LogP contribution in [0.3, 0.4) is 0 Å². The molecular weight excluding hydrogens is 320 g/mol. The molecule has 0 spiro atoms. The van der Waals surface area contributed by atoms with Gasteiger partial charge in [-0.3, -0.25) is 0 Å². The molecule has 1 saturated heterocycles. The Hall–Kier alpha value is -2.14. The fraction of sp³-hybridized carbons (Fsp3) is 0.500. The van der Waals surface area contributed by atoms with Crippen molar-refractivity contribution in [3.05, 3.63) is 47.1 Å². The number of hydrogen-bond acceptors (Lipinski definition) is 5. The largest absolute Gasteiger partial charge is 0.458 e. The third-order valence-corrected chi connectivity index (χ3v) is 4.66. The SMILES string of the molecule is C=C1C(=O)O[C@@H]2/C=C(\C)C[C@H](O)/C=C(/C)C[C@@H](OC(=O)/C(C)=C/C)[C@@H]12. The highest BCUT2D eigenvalue weighted by Crippen LogP contribution is 2.36. The average Bonchev–Trinajstić information content (AvgIpc) is 2.78. The quantitative estimate of drug-likeness (QED) is 0.473. The number of aliphatic hydroxyl groups is 1. The second-order valence-corrected chi connectivity index (χ2v) is 6.84. The Morgan fingerprint density at radius 1 is 1.32 bits per heavy atom. The zero-order valence-corrected chi connectivity index (χ0v) is 15.2. The number of fused-ring (bicyclic) bond motifs is 1. The second kappa shape index (κ2) is 7.83. The van der Waals surface area contributed by atoms with Crippen molar-refractivity contribution in [1.82, 2.24) is 0 Å². The molecule has 2 aliphatic rings. The fourth-order valence-electron chi connectivity index (χ4n) is 3.22. The van der Waals surface area contributed by atoms with E-state index in [0.29, 0.717) is 24.0 Å². The first-order valence-corrected chi connectivity index (χ1v) is 8.49. The zero-order chi connectivity index (χ0) is 18.7. The molecule has 1 fully saturated rings. The molecule has 1 aliphatic heterocycles. The lowest BCUT2D eigenvalue weighted by atomic mass is 9.85. The van der Waals surface area contributed by atoms with Crippen LogP contribution in [0.4, 0.5) is 0 Å². The fourth-order valence-corrected chi connectivity index (χ4v) is 3.22. The Morgan fingerprint density at radius 3 is 2.60 bits per heavy atom. The van der Waals surface area contributed by atoms with Crippen LogP contribution in [-0.4, -0.2) is 35.4 Å². The number of esters is 2. The summed E-state index contributed by atoms with van der Waals surface area (Å²) in [7, 11) is 0. The maximum Gasteiger partial charge on any atom is 0.334 e. The summed E-state index contributed by atoms with van der Waals surface area (Å²) < 4.78 is 11.1.